The highest BCUT2D eigenvalue weighted by Crippen LogP contribution is 2.19. The number of rotatable bonds is 5. The van der Waals surface area contributed by atoms with Crippen LogP contribution in [-0.4, -0.2) is 5.84 Å². The predicted octanol–water partition coefficient (Wildman–Crippen LogP) is 2.80. The minimum absolute atomic E-state index is 0.297. The lowest BCUT2D eigenvalue weighted by atomic mass is 10.0. The Morgan fingerprint density at radius 1 is 0.840 bits per heavy atom. The van der Waals surface area contributed by atoms with E-state index in [0.29, 0.717) is 5.84 Å². The average molecular weight is 330 g/mol. The number of benzene rings is 3. The third kappa shape index (κ3) is 4.29. The number of hydrogen-bond donors (Lipinski definition) is 3. The Bertz CT molecular complexity index is 853. The maximum atomic E-state index is 5.74. The first-order valence-corrected chi connectivity index (χ1v) is 7.98. The summed E-state index contributed by atoms with van der Waals surface area (Å²) in [5, 5.41) is 15.9. The van der Waals surface area contributed by atoms with Gasteiger partial charge in [0.25, 0.3) is 0 Å². The molecular formula is C20H20N5+. The van der Waals surface area contributed by atoms with Crippen molar-refractivity contribution in [3.05, 3.63) is 90.0 Å². The molecule has 0 aliphatic rings. The van der Waals surface area contributed by atoms with E-state index in [9.17, 15) is 0 Å². The quantitative estimate of drug-likeness (QED) is 0.221. The summed E-state index contributed by atoms with van der Waals surface area (Å²) in [6.45, 7) is 0.746. The van der Waals surface area contributed by atoms with Gasteiger partial charge in [0.1, 0.15) is 0 Å². The Balaban J connectivity index is 1.61. The van der Waals surface area contributed by atoms with E-state index in [1.165, 1.54) is 16.7 Å². The van der Waals surface area contributed by atoms with Gasteiger partial charge in [-0.05, 0) is 41.0 Å². The minimum atomic E-state index is 0.297. The third-order valence-corrected chi connectivity index (χ3v) is 3.90. The summed E-state index contributed by atoms with van der Waals surface area (Å²) in [7, 11) is 0. The SMILES string of the molecule is NN=NC(=[NH2+])c1ccc(NCc2ccc(-c3ccccc3)cc2)cc1. The van der Waals surface area contributed by atoms with Crippen molar-refractivity contribution in [2.45, 2.75) is 6.54 Å². The zero-order valence-corrected chi connectivity index (χ0v) is 13.8. The fourth-order valence-corrected chi connectivity index (χ4v) is 2.53. The van der Waals surface area contributed by atoms with Crippen molar-refractivity contribution in [1.29, 1.82) is 0 Å². The van der Waals surface area contributed by atoms with Gasteiger partial charge in [0, 0.05) is 17.5 Å². The van der Waals surface area contributed by atoms with E-state index in [4.69, 9.17) is 11.3 Å². The molecule has 3 aromatic rings. The molecular weight excluding hydrogens is 310 g/mol. The molecule has 0 amide bonds. The molecule has 0 aromatic heterocycles. The standard InChI is InChI=1S/C20H19N5/c21-20(24-25-22)18-10-12-19(13-11-18)23-14-15-6-8-17(9-7-15)16-4-2-1-3-5-16/h1-13,23H,14H2,(H3,21,22,24)/p+1. The lowest BCUT2D eigenvalue weighted by molar-refractivity contribution is -0.114. The maximum Gasteiger partial charge on any atom is 0.350 e. The van der Waals surface area contributed by atoms with E-state index in [-0.39, 0.29) is 0 Å². The first-order valence-electron chi connectivity index (χ1n) is 7.98. The molecule has 5 N–H and O–H groups in total. The van der Waals surface area contributed by atoms with Gasteiger partial charge in [0.2, 0.25) is 0 Å². The number of nitrogens with one attached hydrogen (secondary N) is 1. The number of nitrogens with two attached hydrogens (primary N) is 2. The molecule has 0 aliphatic heterocycles. The summed E-state index contributed by atoms with van der Waals surface area (Å²) < 4.78 is 0. The topological polar surface area (TPSA) is 88.4 Å². The molecule has 0 atom stereocenters. The van der Waals surface area contributed by atoms with Crippen molar-refractivity contribution in [1.82, 2.24) is 0 Å². The summed E-state index contributed by atoms with van der Waals surface area (Å²) in [4.78, 5) is 0. The molecule has 3 aromatic carbocycles. The maximum absolute atomic E-state index is 5.74. The molecule has 0 fully saturated rings. The first kappa shape index (κ1) is 16.4. The van der Waals surface area contributed by atoms with Crippen LogP contribution in [0, 0.1) is 0 Å². The number of nitrogens with zero attached hydrogens (tertiary/aromatic N) is 2. The lowest BCUT2D eigenvalue weighted by Crippen LogP contribution is -2.38. The second-order valence-electron chi connectivity index (χ2n) is 5.59. The van der Waals surface area contributed by atoms with Crippen molar-refractivity contribution < 1.29 is 5.41 Å². The van der Waals surface area contributed by atoms with Crippen molar-refractivity contribution in [2.75, 3.05) is 5.32 Å². The highest BCUT2D eigenvalue weighted by Gasteiger charge is 2.07. The molecule has 0 saturated carbocycles. The van der Waals surface area contributed by atoms with Gasteiger partial charge < -0.3 is 5.32 Å². The van der Waals surface area contributed by atoms with Crippen molar-refractivity contribution in [2.24, 2.45) is 16.2 Å². The average Bonchev–Trinajstić information content (AvgIpc) is 2.68. The number of hydrogen-bond acceptors (Lipinski definition) is 2. The Morgan fingerprint density at radius 3 is 2.12 bits per heavy atom. The van der Waals surface area contributed by atoms with Crippen molar-refractivity contribution in [3.63, 3.8) is 0 Å². The second-order valence-corrected chi connectivity index (χ2v) is 5.59. The summed E-state index contributed by atoms with van der Waals surface area (Å²) in [5.41, 5.74) is 5.45. The normalized spacial score (nSPS) is 10.7. The second kappa shape index (κ2) is 7.88. The van der Waals surface area contributed by atoms with E-state index in [1.807, 2.05) is 42.5 Å². The van der Waals surface area contributed by atoms with Crippen LogP contribution in [0.2, 0.25) is 0 Å². The van der Waals surface area contributed by atoms with Gasteiger partial charge in [-0.2, -0.15) is 0 Å². The van der Waals surface area contributed by atoms with Crippen LogP contribution in [0.5, 0.6) is 0 Å². The highest BCUT2D eigenvalue weighted by molar-refractivity contribution is 5.94. The monoisotopic (exact) mass is 330 g/mol. The van der Waals surface area contributed by atoms with Gasteiger partial charge in [-0.25, -0.2) is 0 Å². The molecule has 0 spiro atoms. The summed E-state index contributed by atoms with van der Waals surface area (Å²) >= 11 is 0. The summed E-state index contributed by atoms with van der Waals surface area (Å²) in [5.74, 6) is 5.30. The Hall–Kier alpha value is -3.47. The van der Waals surface area contributed by atoms with Gasteiger partial charge in [-0.15, -0.1) is 0 Å². The highest BCUT2D eigenvalue weighted by atomic mass is 15.3. The van der Waals surface area contributed by atoms with E-state index >= 15 is 0 Å². The Morgan fingerprint density at radius 2 is 1.48 bits per heavy atom. The van der Waals surface area contributed by atoms with Crippen LogP contribution in [-0.2, 0) is 6.54 Å². The smallest absolute Gasteiger partial charge is 0.350 e. The molecule has 0 unspecified atom stereocenters. The molecule has 5 heteroatoms. The van der Waals surface area contributed by atoms with Crippen LogP contribution >= 0.6 is 0 Å². The van der Waals surface area contributed by atoms with E-state index in [2.05, 4.69) is 52.1 Å². The number of anilines is 1. The van der Waals surface area contributed by atoms with Crippen LogP contribution in [0.15, 0.2) is 89.2 Å². The van der Waals surface area contributed by atoms with Crippen LogP contribution < -0.4 is 16.6 Å². The minimum Gasteiger partial charge on any atom is -0.381 e. The summed E-state index contributed by atoms with van der Waals surface area (Å²) in [6, 6.07) is 26.6. The van der Waals surface area contributed by atoms with Crippen molar-refractivity contribution in [3.8, 4) is 11.1 Å². The molecule has 0 bridgehead atoms. The molecule has 0 saturated heterocycles. The van der Waals surface area contributed by atoms with Gasteiger partial charge >= 0.3 is 5.84 Å². The predicted molar refractivity (Wildman–Crippen MR) is 101 cm³/mol. The van der Waals surface area contributed by atoms with Crippen molar-refractivity contribution >= 4 is 11.5 Å². The number of amidine groups is 1. The lowest BCUT2D eigenvalue weighted by Gasteiger charge is -2.08. The Labute approximate surface area is 146 Å². The summed E-state index contributed by atoms with van der Waals surface area (Å²) in [6.07, 6.45) is 0. The van der Waals surface area contributed by atoms with Crippen LogP contribution in [0.4, 0.5) is 5.69 Å². The zero-order chi connectivity index (χ0) is 17.5. The van der Waals surface area contributed by atoms with Crippen LogP contribution in [0.3, 0.4) is 0 Å². The van der Waals surface area contributed by atoms with E-state index < -0.39 is 0 Å². The molecule has 25 heavy (non-hydrogen) atoms. The van der Waals surface area contributed by atoms with E-state index in [0.717, 1.165) is 17.8 Å². The zero-order valence-electron chi connectivity index (χ0n) is 13.8. The molecule has 0 heterocycles. The first-order chi connectivity index (χ1) is 12.3. The molecule has 0 radical (unpaired) electrons. The van der Waals surface area contributed by atoms with Gasteiger partial charge in [0.15, 0.2) is 0 Å². The van der Waals surface area contributed by atoms with Gasteiger partial charge in [-0.3, -0.25) is 11.3 Å². The van der Waals surface area contributed by atoms with E-state index in [1.54, 1.807) is 0 Å². The molecule has 5 nitrogen and oxygen atoms in total. The third-order valence-electron chi connectivity index (χ3n) is 3.90. The molecule has 0 aliphatic carbocycles. The van der Waals surface area contributed by atoms with Crippen LogP contribution in [0.25, 0.3) is 11.1 Å². The molecule has 3 rings (SSSR count). The largest absolute Gasteiger partial charge is 0.381 e. The van der Waals surface area contributed by atoms with Gasteiger partial charge in [-0.1, -0.05) is 54.6 Å². The van der Waals surface area contributed by atoms with Gasteiger partial charge in [0.05, 0.1) is 10.7 Å². The van der Waals surface area contributed by atoms with Crippen LogP contribution in [0.1, 0.15) is 11.1 Å². The Kier molecular flexibility index (Phi) is 5.16. The molecule has 124 valence electrons. The fourth-order valence-electron chi connectivity index (χ4n) is 2.53. The fraction of sp³-hybridized carbons (Fsp3) is 0.0500.